The van der Waals surface area contributed by atoms with Crippen LogP contribution < -0.4 is 0 Å². The minimum absolute atomic E-state index is 0.0575. The maximum absolute atomic E-state index is 13.0. The van der Waals surface area contributed by atoms with Crippen molar-refractivity contribution < 1.29 is 14.3 Å². The lowest BCUT2D eigenvalue weighted by Crippen LogP contribution is -2.43. The molecular formula is C17H25NO3. The summed E-state index contributed by atoms with van der Waals surface area (Å²) in [6, 6.07) is 0. The maximum Gasteiger partial charge on any atom is 0.335 e. The number of amides is 1. The lowest BCUT2D eigenvalue weighted by molar-refractivity contribution is -0.150. The zero-order chi connectivity index (χ0) is 14.9. The first-order chi connectivity index (χ1) is 10.1. The van der Waals surface area contributed by atoms with Crippen LogP contribution in [0.3, 0.4) is 0 Å². The summed E-state index contributed by atoms with van der Waals surface area (Å²) in [6.07, 6.45) is 9.40. The van der Waals surface area contributed by atoms with E-state index in [1.807, 2.05) is 4.90 Å². The number of carbonyl (C=O) groups excluding carboxylic acids is 2. The van der Waals surface area contributed by atoms with Crippen LogP contribution in [0.1, 0.15) is 64.7 Å². The van der Waals surface area contributed by atoms with Gasteiger partial charge in [0.2, 0.25) is 0 Å². The maximum atomic E-state index is 13.0. The summed E-state index contributed by atoms with van der Waals surface area (Å²) in [5.74, 6) is -0.225. The molecule has 3 rings (SSSR count). The Hall–Kier alpha value is -1.32. The van der Waals surface area contributed by atoms with E-state index in [-0.39, 0.29) is 11.9 Å². The molecule has 2 aliphatic heterocycles. The SMILES string of the molecule is CC1=C(C(=O)N2CCCCCC2)C2(CCCCC2)OC1=O. The van der Waals surface area contributed by atoms with Crippen molar-refractivity contribution in [2.75, 3.05) is 13.1 Å². The summed E-state index contributed by atoms with van der Waals surface area (Å²) < 4.78 is 5.70. The largest absolute Gasteiger partial charge is 0.451 e. The highest BCUT2D eigenvalue weighted by Crippen LogP contribution is 2.44. The molecule has 4 heteroatoms. The van der Waals surface area contributed by atoms with Crippen LogP contribution in [-0.2, 0) is 14.3 Å². The van der Waals surface area contributed by atoms with Crippen molar-refractivity contribution in [3.63, 3.8) is 0 Å². The van der Waals surface area contributed by atoms with Crippen molar-refractivity contribution in [3.05, 3.63) is 11.1 Å². The Labute approximate surface area is 126 Å². The Kier molecular flexibility index (Phi) is 4.05. The lowest BCUT2D eigenvalue weighted by atomic mass is 9.78. The van der Waals surface area contributed by atoms with Gasteiger partial charge < -0.3 is 9.64 Å². The molecule has 1 spiro atoms. The number of esters is 1. The van der Waals surface area contributed by atoms with Gasteiger partial charge in [-0.05, 0) is 45.4 Å². The van der Waals surface area contributed by atoms with Crippen LogP contribution in [0.15, 0.2) is 11.1 Å². The van der Waals surface area contributed by atoms with Crippen molar-refractivity contribution in [1.29, 1.82) is 0 Å². The summed E-state index contributed by atoms with van der Waals surface area (Å²) in [5, 5.41) is 0. The summed E-state index contributed by atoms with van der Waals surface area (Å²) in [7, 11) is 0. The molecule has 2 fully saturated rings. The van der Waals surface area contributed by atoms with Gasteiger partial charge in [0.1, 0.15) is 5.60 Å². The minimum Gasteiger partial charge on any atom is -0.451 e. The average Bonchev–Trinajstić information content (AvgIpc) is 2.69. The molecule has 0 atom stereocenters. The van der Waals surface area contributed by atoms with Gasteiger partial charge in [-0.25, -0.2) is 4.79 Å². The molecule has 4 nitrogen and oxygen atoms in total. The molecule has 1 amide bonds. The van der Waals surface area contributed by atoms with E-state index < -0.39 is 5.60 Å². The smallest absolute Gasteiger partial charge is 0.335 e. The molecule has 1 aliphatic carbocycles. The zero-order valence-corrected chi connectivity index (χ0v) is 13.0. The highest BCUT2D eigenvalue weighted by molar-refractivity contribution is 6.07. The van der Waals surface area contributed by atoms with Gasteiger partial charge in [-0.3, -0.25) is 4.79 Å². The number of hydrogen-bond acceptors (Lipinski definition) is 3. The molecule has 1 saturated heterocycles. The Morgan fingerprint density at radius 3 is 2.19 bits per heavy atom. The molecule has 0 unspecified atom stereocenters. The van der Waals surface area contributed by atoms with Gasteiger partial charge in [-0.1, -0.05) is 19.3 Å². The molecule has 2 heterocycles. The number of ether oxygens (including phenoxy) is 1. The van der Waals surface area contributed by atoms with Crippen LogP contribution in [0.4, 0.5) is 0 Å². The van der Waals surface area contributed by atoms with Crippen LogP contribution in [0.5, 0.6) is 0 Å². The molecule has 0 radical (unpaired) electrons. The van der Waals surface area contributed by atoms with Crippen molar-refractivity contribution in [3.8, 4) is 0 Å². The number of hydrogen-bond donors (Lipinski definition) is 0. The summed E-state index contributed by atoms with van der Waals surface area (Å²) in [6.45, 7) is 3.40. The second-order valence-electron chi connectivity index (χ2n) is 6.65. The third-order valence-corrected chi connectivity index (χ3v) is 5.19. The standard InChI is InChI=1S/C17H25NO3/c1-13-14(15(19)18-11-7-2-3-8-12-18)17(21-16(13)20)9-5-4-6-10-17/h2-12H2,1H3. The van der Waals surface area contributed by atoms with Gasteiger partial charge in [0.05, 0.1) is 5.57 Å². The van der Waals surface area contributed by atoms with Gasteiger partial charge >= 0.3 is 5.97 Å². The first-order valence-corrected chi connectivity index (χ1v) is 8.38. The van der Waals surface area contributed by atoms with Crippen LogP contribution in [0.25, 0.3) is 0 Å². The molecule has 0 aromatic heterocycles. The summed E-state index contributed by atoms with van der Waals surface area (Å²) in [5.41, 5.74) is 0.614. The van der Waals surface area contributed by atoms with Gasteiger partial charge in [-0.2, -0.15) is 0 Å². The van der Waals surface area contributed by atoms with Crippen LogP contribution in [0.2, 0.25) is 0 Å². The molecule has 116 valence electrons. The van der Waals surface area contributed by atoms with E-state index in [4.69, 9.17) is 4.74 Å². The highest BCUT2D eigenvalue weighted by Gasteiger charge is 2.50. The van der Waals surface area contributed by atoms with E-state index >= 15 is 0 Å². The van der Waals surface area contributed by atoms with Gasteiger partial charge in [0, 0.05) is 18.7 Å². The highest BCUT2D eigenvalue weighted by atomic mass is 16.6. The van der Waals surface area contributed by atoms with Gasteiger partial charge in [0.15, 0.2) is 0 Å². The predicted molar refractivity (Wildman–Crippen MR) is 79.7 cm³/mol. The molecule has 1 saturated carbocycles. The quantitative estimate of drug-likeness (QED) is 0.698. The van der Waals surface area contributed by atoms with Crippen molar-refractivity contribution >= 4 is 11.9 Å². The average molecular weight is 291 g/mol. The van der Waals surface area contributed by atoms with Crippen molar-refractivity contribution in [2.24, 2.45) is 0 Å². The Balaban J connectivity index is 1.88. The van der Waals surface area contributed by atoms with Crippen LogP contribution in [-0.4, -0.2) is 35.5 Å². The second-order valence-corrected chi connectivity index (χ2v) is 6.65. The van der Waals surface area contributed by atoms with E-state index in [1.165, 1.54) is 19.3 Å². The Morgan fingerprint density at radius 2 is 1.57 bits per heavy atom. The van der Waals surface area contributed by atoms with E-state index in [1.54, 1.807) is 6.92 Å². The number of rotatable bonds is 1. The van der Waals surface area contributed by atoms with Crippen molar-refractivity contribution in [1.82, 2.24) is 4.90 Å². The molecule has 0 N–H and O–H groups in total. The predicted octanol–water partition coefficient (Wildman–Crippen LogP) is 2.97. The lowest BCUT2D eigenvalue weighted by Gasteiger charge is -2.35. The monoisotopic (exact) mass is 291 g/mol. The topological polar surface area (TPSA) is 46.6 Å². The molecular weight excluding hydrogens is 266 g/mol. The van der Waals surface area contributed by atoms with E-state index in [0.717, 1.165) is 51.6 Å². The fourth-order valence-corrected chi connectivity index (χ4v) is 4.01. The third kappa shape index (κ3) is 2.60. The van der Waals surface area contributed by atoms with E-state index in [9.17, 15) is 9.59 Å². The van der Waals surface area contributed by atoms with E-state index in [2.05, 4.69) is 0 Å². The van der Waals surface area contributed by atoms with Crippen molar-refractivity contribution in [2.45, 2.75) is 70.3 Å². The molecule has 21 heavy (non-hydrogen) atoms. The molecule has 3 aliphatic rings. The number of carbonyl (C=O) groups is 2. The third-order valence-electron chi connectivity index (χ3n) is 5.19. The Bertz CT molecular complexity index is 466. The fourth-order valence-electron chi connectivity index (χ4n) is 4.01. The normalized spacial score (nSPS) is 26.0. The van der Waals surface area contributed by atoms with Gasteiger partial charge in [-0.15, -0.1) is 0 Å². The fraction of sp³-hybridized carbons (Fsp3) is 0.765. The Morgan fingerprint density at radius 1 is 1.00 bits per heavy atom. The summed E-state index contributed by atoms with van der Waals surface area (Å²) >= 11 is 0. The zero-order valence-electron chi connectivity index (χ0n) is 13.0. The first kappa shape index (κ1) is 14.6. The van der Waals surface area contributed by atoms with E-state index in [0.29, 0.717) is 11.1 Å². The molecule has 0 bridgehead atoms. The summed E-state index contributed by atoms with van der Waals surface area (Å²) in [4.78, 5) is 27.0. The molecule has 0 aromatic rings. The molecule has 0 aromatic carbocycles. The number of nitrogens with zero attached hydrogens (tertiary/aromatic N) is 1. The first-order valence-electron chi connectivity index (χ1n) is 8.38. The van der Waals surface area contributed by atoms with Crippen LogP contribution in [0, 0.1) is 0 Å². The van der Waals surface area contributed by atoms with Crippen LogP contribution >= 0.6 is 0 Å². The minimum atomic E-state index is -0.608. The van der Waals surface area contributed by atoms with Gasteiger partial charge in [0.25, 0.3) is 5.91 Å². The second kappa shape index (κ2) is 5.82. The number of likely N-dealkylation sites (tertiary alicyclic amines) is 1.